The second-order valence-corrected chi connectivity index (χ2v) is 7.19. The van der Waals surface area contributed by atoms with Gasteiger partial charge in [-0.15, -0.1) is 0 Å². The Balaban J connectivity index is 2.67. The van der Waals surface area contributed by atoms with Crippen LogP contribution in [0.3, 0.4) is 0 Å². The Morgan fingerprint density at radius 1 is 1.32 bits per heavy atom. The fourth-order valence-electron chi connectivity index (χ4n) is 1.99. The Hall–Kier alpha value is -1.89. The quantitative estimate of drug-likeness (QED) is 0.879. The summed E-state index contributed by atoms with van der Waals surface area (Å²) in [5.74, 6) is -1.89. The molecule has 0 radical (unpaired) electrons. The lowest BCUT2D eigenvalue weighted by Gasteiger charge is -2.43. The first-order valence-corrected chi connectivity index (χ1v) is 6.98. The summed E-state index contributed by atoms with van der Waals surface area (Å²) in [5.41, 5.74) is 0.129. The van der Waals surface area contributed by atoms with Crippen LogP contribution in [0.4, 0.5) is 5.69 Å². The molecule has 1 saturated heterocycles. The number of carboxylic acids is 1. The molecule has 1 aliphatic rings. The zero-order valence-electron chi connectivity index (χ0n) is 10.7. The molecule has 2 rings (SSSR count). The van der Waals surface area contributed by atoms with E-state index in [1.807, 2.05) is 0 Å². The van der Waals surface area contributed by atoms with E-state index in [4.69, 9.17) is 5.11 Å². The predicted molar refractivity (Wildman–Crippen MR) is 68.6 cm³/mol. The summed E-state index contributed by atoms with van der Waals surface area (Å²) in [6.45, 7) is 4.16. The average Bonchev–Trinajstić information content (AvgIpc) is 2.28. The molecule has 1 N–H and O–H groups in total. The largest absolute Gasteiger partial charge is 0.478 e. The second-order valence-electron chi connectivity index (χ2n) is 4.86. The van der Waals surface area contributed by atoms with Gasteiger partial charge in [-0.25, -0.2) is 17.5 Å². The van der Waals surface area contributed by atoms with Gasteiger partial charge in [0, 0.05) is 0 Å². The molecule has 6 nitrogen and oxygen atoms in total. The lowest BCUT2D eigenvalue weighted by atomic mass is 10.1. The zero-order chi connectivity index (χ0) is 14.6. The summed E-state index contributed by atoms with van der Waals surface area (Å²) in [6, 6.07) is 4.39. The van der Waals surface area contributed by atoms with Crippen LogP contribution in [0.1, 0.15) is 29.8 Å². The molecule has 1 aromatic carbocycles. The van der Waals surface area contributed by atoms with E-state index in [1.54, 1.807) is 13.0 Å². The number of nitrogens with zero attached hydrogens (tertiary/aromatic N) is 1. The minimum Gasteiger partial charge on any atom is -0.478 e. The zero-order valence-corrected chi connectivity index (χ0v) is 11.5. The summed E-state index contributed by atoms with van der Waals surface area (Å²) in [7, 11) is -3.86. The van der Waals surface area contributed by atoms with Crippen molar-refractivity contribution < 1.29 is 23.1 Å². The maximum Gasteiger partial charge on any atom is 0.338 e. The molecule has 7 heteroatoms. The third-order valence-corrected chi connectivity index (χ3v) is 5.58. The highest BCUT2D eigenvalue weighted by Gasteiger charge is 2.61. The van der Waals surface area contributed by atoms with Crippen LogP contribution in [0.15, 0.2) is 18.2 Å². The first-order chi connectivity index (χ1) is 8.62. The van der Waals surface area contributed by atoms with Crippen molar-refractivity contribution >= 4 is 27.6 Å². The Morgan fingerprint density at radius 2 is 1.89 bits per heavy atom. The van der Waals surface area contributed by atoms with Gasteiger partial charge in [0.05, 0.1) is 11.3 Å². The molecule has 102 valence electrons. The molecule has 0 spiro atoms. The van der Waals surface area contributed by atoms with Gasteiger partial charge in [0.25, 0.3) is 15.9 Å². The fourth-order valence-corrected chi connectivity index (χ4v) is 3.49. The number of amides is 1. The van der Waals surface area contributed by atoms with Gasteiger partial charge in [0.15, 0.2) is 4.75 Å². The summed E-state index contributed by atoms with van der Waals surface area (Å²) < 4.78 is 23.2. The van der Waals surface area contributed by atoms with Gasteiger partial charge >= 0.3 is 5.97 Å². The molecule has 19 heavy (non-hydrogen) atoms. The van der Waals surface area contributed by atoms with E-state index in [0.29, 0.717) is 9.87 Å². The normalized spacial score (nSPS) is 19.9. The minimum atomic E-state index is -3.86. The average molecular weight is 283 g/mol. The number of hydrogen-bond donors (Lipinski definition) is 1. The smallest absolute Gasteiger partial charge is 0.338 e. The highest BCUT2D eigenvalue weighted by atomic mass is 32.2. The molecule has 0 aliphatic carbocycles. The Bertz CT molecular complexity index is 690. The number of rotatable bonds is 2. The molecule has 1 aliphatic heterocycles. The molecule has 0 atom stereocenters. The number of benzene rings is 1. The van der Waals surface area contributed by atoms with E-state index < -0.39 is 26.6 Å². The highest BCUT2D eigenvalue weighted by molar-refractivity contribution is 7.98. The van der Waals surface area contributed by atoms with Crippen LogP contribution in [0, 0.1) is 6.92 Å². The van der Waals surface area contributed by atoms with Gasteiger partial charge < -0.3 is 5.11 Å². The molecule has 1 amide bonds. The Morgan fingerprint density at radius 3 is 2.37 bits per heavy atom. The number of sulfonamides is 1. The van der Waals surface area contributed by atoms with Crippen molar-refractivity contribution in [1.82, 2.24) is 0 Å². The maximum absolute atomic E-state index is 12.1. The van der Waals surface area contributed by atoms with Crippen LogP contribution in [0.5, 0.6) is 0 Å². The molecule has 1 aromatic rings. The number of anilines is 1. The van der Waals surface area contributed by atoms with Crippen LogP contribution < -0.4 is 4.31 Å². The van der Waals surface area contributed by atoms with Crippen LogP contribution >= 0.6 is 0 Å². The number of hydrogen-bond acceptors (Lipinski definition) is 4. The third-order valence-electron chi connectivity index (χ3n) is 3.27. The lowest BCUT2D eigenvalue weighted by molar-refractivity contribution is -0.120. The highest BCUT2D eigenvalue weighted by Crippen LogP contribution is 2.40. The molecule has 0 unspecified atom stereocenters. The number of aryl methyl sites for hydroxylation is 1. The predicted octanol–water partition coefficient (Wildman–Crippen LogP) is 1.15. The van der Waals surface area contributed by atoms with Gasteiger partial charge in [-0.2, -0.15) is 0 Å². The van der Waals surface area contributed by atoms with Gasteiger partial charge in [0.2, 0.25) is 0 Å². The summed E-state index contributed by atoms with van der Waals surface area (Å²) in [4.78, 5) is 23.2. The first-order valence-electron chi connectivity index (χ1n) is 5.54. The summed E-state index contributed by atoms with van der Waals surface area (Å²) in [5, 5.41) is 9.17. The van der Waals surface area contributed by atoms with Crippen LogP contribution in [-0.2, 0) is 14.8 Å². The van der Waals surface area contributed by atoms with Crippen molar-refractivity contribution in [2.24, 2.45) is 0 Å². The minimum absolute atomic E-state index is 0.100. The maximum atomic E-state index is 12.1. The summed E-state index contributed by atoms with van der Waals surface area (Å²) in [6.07, 6.45) is 0. The topological polar surface area (TPSA) is 91.8 Å². The molecular weight excluding hydrogens is 270 g/mol. The van der Waals surface area contributed by atoms with Crippen LogP contribution in [0.2, 0.25) is 0 Å². The van der Waals surface area contributed by atoms with E-state index in [1.165, 1.54) is 26.0 Å². The third kappa shape index (κ3) is 1.58. The van der Waals surface area contributed by atoms with Gasteiger partial charge in [0.1, 0.15) is 0 Å². The standard InChI is InChI=1S/C12H13NO5S/c1-7-5-4-6-8(9(7)10(14)15)13-11(16)12(2,3)19(13,17)18/h4-6H,1-3H3,(H,14,15). The molecule has 0 saturated carbocycles. The van der Waals surface area contributed by atoms with E-state index in [9.17, 15) is 18.0 Å². The van der Waals surface area contributed by atoms with Crippen molar-refractivity contribution in [3.8, 4) is 0 Å². The van der Waals surface area contributed by atoms with Crippen molar-refractivity contribution in [3.05, 3.63) is 29.3 Å². The van der Waals surface area contributed by atoms with Gasteiger partial charge in [-0.05, 0) is 32.4 Å². The van der Waals surface area contributed by atoms with Crippen molar-refractivity contribution in [3.63, 3.8) is 0 Å². The van der Waals surface area contributed by atoms with Crippen molar-refractivity contribution in [1.29, 1.82) is 0 Å². The molecule has 1 heterocycles. The fraction of sp³-hybridized carbons (Fsp3) is 0.333. The molecule has 1 fully saturated rings. The first kappa shape index (κ1) is 13.5. The van der Waals surface area contributed by atoms with E-state index in [2.05, 4.69) is 0 Å². The van der Waals surface area contributed by atoms with Crippen molar-refractivity contribution in [2.45, 2.75) is 25.5 Å². The number of aromatic carboxylic acids is 1. The Labute approximate surface area is 110 Å². The SMILES string of the molecule is Cc1cccc(N2C(=O)C(C)(C)S2(=O)=O)c1C(=O)O. The number of carbonyl (C=O) groups excluding carboxylic acids is 1. The molecule has 0 aromatic heterocycles. The second kappa shape index (κ2) is 3.80. The van der Waals surface area contributed by atoms with Crippen LogP contribution in [0.25, 0.3) is 0 Å². The Kier molecular flexibility index (Phi) is 2.71. The molecule has 0 bridgehead atoms. The number of carbonyl (C=O) groups is 2. The van der Waals surface area contributed by atoms with E-state index >= 15 is 0 Å². The van der Waals surface area contributed by atoms with Gasteiger partial charge in [-0.3, -0.25) is 4.79 Å². The van der Waals surface area contributed by atoms with E-state index in [0.717, 1.165) is 0 Å². The van der Waals surface area contributed by atoms with Crippen molar-refractivity contribution in [2.75, 3.05) is 4.31 Å². The van der Waals surface area contributed by atoms with Gasteiger partial charge in [-0.1, -0.05) is 12.1 Å². The monoisotopic (exact) mass is 283 g/mol. The summed E-state index contributed by atoms with van der Waals surface area (Å²) >= 11 is 0. The lowest BCUT2D eigenvalue weighted by Crippen LogP contribution is -2.68. The number of carboxylic acid groups (broad SMARTS) is 1. The van der Waals surface area contributed by atoms with E-state index in [-0.39, 0.29) is 11.3 Å². The van der Waals surface area contributed by atoms with Crippen LogP contribution in [-0.4, -0.2) is 30.1 Å². The molecular formula is C12H13NO5S.